The molecule has 4 rings (SSSR count). The Bertz CT molecular complexity index is 1020. The van der Waals surface area contributed by atoms with E-state index in [-0.39, 0.29) is 52.8 Å². The molecule has 2 atom stereocenters. The average molecular weight is 384 g/mol. The molecule has 0 aliphatic heterocycles. The molecule has 8 heteroatoms. The van der Waals surface area contributed by atoms with Crippen molar-refractivity contribution in [1.82, 2.24) is 0 Å². The first-order valence-corrected chi connectivity index (χ1v) is 9.49. The second kappa shape index (κ2) is 6.49. The molecule has 2 aromatic rings. The Kier molecular flexibility index (Phi) is 4.90. The summed E-state index contributed by atoms with van der Waals surface area (Å²) in [5.41, 5.74) is 1.40. The normalized spacial score (nSPS) is 24.7. The maximum absolute atomic E-state index is 12.3. The van der Waals surface area contributed by atoms with Gasteiger partial charge in [0.05, 0.1) is 0 Å². The van der Waals surface area contributed by atoms with E-state index in [0.29, 0.717) is 18.2 Å². The van der Waals surface area contributed by atoms with Crippen LogP contribution in [-0.4, -0.2) is 23.9 Å². The predicted octanol–water partition coefficient (Wildman–Crippen LogP) is -0.213. The zero-order chi connectivity index (χ0) is 18.0. The number of aryl methyl sites for hydroxylation is 1. The monoisotopic (exact) mass is 384 g/mol. The van der Waals surface area contributed by atoms with Crippen LogP contribution in [0.3, 0.4) is 0 Å². The van der Waals surface area contributed by atoms with Crippen LogP contribution in [0.4, 0.5) is 0 Å². The largest absolute Gasteiger partial charge is 1.00 e. The number of phenols is 1. The van der Waals surface area contributed by atoms with Crippen molar-refractivity contribution in [1.29, 1.82) is 0 Å². The fraction of sp³-hybridized carbons (Fsp3) is 0.389. The van der Waals surface area contributed by atoms with Crippen LogP contribution in [-0.2, 0) is 21.6 Å². The van der Waals surface area contributed by atoms with Gasteiger partial charge in [0.1, 0.15) is 17.3 Å². The first-order chi connectivity index (χ1) is 11.7. The second-order valence-corrected chi connectivity index (χ2v) is 8.08. The van der Waals surface area contributed by atoms with Crippen molar-refractivity contribution < 1.29 is 56.6 Å². The number of hydrogen-bond donors (Lipinski definition) is 1. The van der Waals surface area contributed by atoms with Crippen molar-refractivity contribution >= 4 is 27.0 Å². The minimum absolute atomic E-state index is 0. The number of fused-ring (bicyclic) bond motifs is 5. The zero-order valence-corrected chi connectivity index (χ0v) is 17.4. The molecule has 1 N–H and O–H groups in total. The van der Waals surface area contributed by atoms with Gasteiger partial charge >= 0.3 is 29.6 Å². The first-order valence-electron chi connectivity index (χ1n) is 8.16. The van der Waals surface area contributed by atoms with Crippen molar-refractivity contribution in [2.45, 2.75) is 38.5 Å². The van der Waals surface area contributed by atoms with Gasteiger partial charge in [-0.3, -0.25) is 4.79 Å². The van der Waals surface area contributed by atoms with Gasteiger partial charge in [-0.15, -0.1) is 0 Å². The van der Waals surface area contributed by atoms with Crippen LogP contribution < -0.4 is 33.7 Å². The minimum atomic E-state index is -4.85. The number of Topliss-reactive ketones (excluding diaryl/α,β-unsaturated/α-hetero) is 1. The SMILES string of the molecule is CC12CCc3c(c(O)cc4cc(OS(=O)(=O)[O-])ccc34)C1CCC2=O.[Na+]. The first kappa shape index (κ1) is 19.6. The molecule has 132 valence electrons. The Balaban J connectivity index is 0.00000196. The van der Waals surface area contributed by atoms with Crippen molar-refractivity contribution in [2.75, 3.05) is 0 Å². The molecule has 0 bridgehead atoms. The molecule has 26 heavy (non-hydrogen) atoms. The zero-order valence-electron chi connectivity index (χ0n) is 14.6. The molecule has 0 saturated heterocycles. The molecule has 2 aliphatic rings. The van der Waals surface area contributed by atoms with Crippen LogP contribution in [0.15, 0.2) is 24.3 Å². The van der Waals surface area contributed by atoms with Crippen LogP contribution in [0, 0.1) is 5.41 Å². The number of hydrogen-bond acceptors (Lipinski definition) is 6. The fourth-order valence-electron chi connectivity index (χ4n) is 4.52. The molecular formula is C18H17NaO6S. The van der Waals surface area contributed by atoms with Crippen molar-refractivity contribution in [3.8, 4) is 11.5 Å². The number of phenolic OH excluding ortho intramolecular Hbond substituents is 1. The van der Waals surface area contributed by atoms with E-state index < -0.39 is 15.8 Å². The van der Waals surface area contributed by atoms with Crippen molar-refractivity contribution in [3.63, 3.8) is 0 Å². The van der Waals surface area contributed by atoms with Gasteiger partial charge in [0.15, 0.2) is 0 Å². The van der Waals surface area contributed by atoms with E-state index in [1.807, 2.05) is 6.92 Å². The van der Waals surface area contributed by atoms with Crippen LogP contribution in [0.1, 0.15) is 43.2 Å². The third kappa shape index (κ3) is 3.05. The second-order valence-electron chi connectivity index (χ2n) is 7.09. The molecule has 6 nitrogen and oxygen atoms in total. The molecule has 0 aromatic heterocycles. The van der Waals surface area contributed by atoms with Crippen LogP contribution >= 0.6 is 0 Å². The van der Waals surface area contributed by atoms with Gasteiger partial charge in [0, 0.05) is 23.3 Å². The maximum atomic E-state index is 12.3. The van der Waals surface area contributed by atoms with Gasteiger partial charge in [-0.1, -0.05) is 13.0 Å². The van der Waals surface area contributed by atoms with Gasteiger partial charge in [-0.25, -0.2) is 8.42 Å². The smallest absolute Gasteiger partial charge is 0.716 e. The number of ketones is 1. The maximum Gasteiger partial charge on any atom is 1.00 e. The van der Waals surface area contributed by atoms with E-state index in [9.17, 15) is 22.9 Å². The Morgan fingerprint density at radius 3 is 2.69 bits per heavy atom. The van der Waals surface area contributed by atoms with E-state index in [4.69, 9.17) is 0 Å². The van der Waals surface area contributed by atoms with Gasteiger partial charge < -0.3 is 13.8 Å². The van der Waals surface area contributed by atoms with Crippen molar-refractivity contribution in [2.24, 2.45) is 5.41 Å². The summed E-state index contributed by atoms with van der Waals surface area (Å²) in [5, 5.41) is 12.1. The van der Waals surface area contributed by atoms with Gasteiger partial charge in [-0.2, -0.15) is 0 Å². The van der Waals surface area contributed by atoms with Crippen molar-refractivity contribution in [3.05, 3.63) is 35.4 Å². The molecular weight excluding hydrogens is 367 g/mol. The minimum Gasteiger partial charge on any atom is -0.716 e. The molecule has 0 spiro atoms. The van der Waals surface area contributed by atoms with E-state index >= 15 is 0 Å². The number of benzene rings is 2. The standard InChI is InChI=1S/C18H18O6S.Na/c1-18-7-6-13-12-3-2-11(24-25(21,22)23)8-10(12)9-15(19)17(13)14(18)4-5-16(18)20;/h2-3,8-9,14,19H,4-7H2,1H3,(H,21,22,23);/q;+1/p-1. The Morgan fingerprint density at radius 1 is 1.27 bits per heavy atom. The summed E-state index contributed by atoms with van der Waals surface area (Å²) in [6.07, 6.45) is 2.66. The van der Waals surface area contributed by atoms with Crippen LogP contribution in [0.2, 0.25) is 0 Å². The Hall–Kier alpha value is -1.12. The quantitative estimate of drug-likeness (QED) is 0.437. The Labute approximate surface area is 173 Å². The molecule has 1 fully saturated rings. The van der Waals surface area contributed by atoms with Crippen LogP contribution in [0.25, 0.3) is 10.8 Å². The average Bonchev–Trinajstić information content (AvgIpc) is 2.81. The molecule has 2 aromatic carbocycles. The summed E-state index contributed by atoms with van der Waals surface area (Å²) < 4.78 is 36.7. The van der Waals surface area contributed by atoms with E-state index in [1.54, 1.807) is 12.1 Å². The Morgan fingerprint density at radius 2 is 2.00 bits per heavy atom. The summed E-state index contributed by atoms with van der Waals surface area (Å²) in [4.78, 5) is 12.3. The summed E-state index contributed by atoms with van der Waals surface area (Å²) in [5.74, 6) is 0.284. The third-order valence-corrected chi connectivity index (χ3v) is 6.15. The molecule has 2 unspecified atom stereocenters. The number of carbonyl (C=O) groups excluding carboxylic acids is 1. The van der Waals surface area contributed by atoms with E-state index in [1.165, 1.54) is 12.1 Å². The van der Waals surface area contributed by atoms with Gasteiger partial charge in [0.2, 0.25) is 0 Å². The summed E-state index contributed by atoms with van der Waals surface area (Å²) in [7, 11) is -4.85. The molecule has 0 heterocycles. The fourth-order valence-corrected chi connectivity index (χ4v) is 4.86. The van der Waals surface area contributed by atoms with Gasteiger partial charge in [-0.05, 0) is 53.8 Å². The van der Waals surface area contributed by atoms with Crippen LogP contribution in [0.5, 0.6) is 11.5 Å². The molecule has 0 amide bonds. The van der Waals surface area contributed by atoms with Gasteiger partial charge in [0.25, 0.3) is 10.4 Å². The topological polar surface area (TPSA) is 104 Å². The molecule has 2 aliphatic carbocycles. The number of aromatic hydroxyl groups is 1. The van der Waals surface area contributed by atoms with E-state index in [0.717, 1.165) is 29.4 Å². The summed E-state index contributed by atoms with van der Waals surface area (Å²) in [6.45, 7) is 1.98. The molecule has 0 radical (unpaired) electrons. The summed E-state index contributed by atoms with van der Waals surface area (Å²) >= 11 is 0. The third-order valence-electron chi connectivity index (χ3n) is 5.75. The predicted molar refractivity (Wildman–Crippen MR) is 89.3 cm³/mol. The summed E-state index contributed by atoms with van der Waals surface area (Å²) in [6, 6.07) is 6.11. The number of carbonyl (C=O) groups is 1. The number of rotatable bonds is 2. The van der Waals surface area contributed by atoms with E-state index in [2.05, 4.69) is 4.18 Å². The molecule has 1 saturated carbocycles.